The summed E-state index contributed by atoms with van der Waals surface area (Å²) in [5.74, 6) is 1.23. The molecule has 1 fully saturated rings. The molecule has 0 N–H and O–H groups in total. The average molecular weight is 312 g/mol. The number of hydrogen-bond acceptors (Lipinski definition) is 3. The van der Waals surface area contributed by atoms with Crippen LogP contribution in [0.5, 0.6) is 0 Å². The molecule has 4 heteroatoms. The summed E-state index contributed by atoms with van der Waals surface area (Å²) in [6, 6.07) is 10.2. The highest BCUT2D eigenvalue weighted by Crippen LogP contribution is 2.33. The van der Waals surface area contributed by atoms with Crippen molar-refractivity contribution in [3.63, 3.8) is 0 Å². The summed E-state index contributed by atoms with van der Waals surface area (Å²) < 4.78 is 5.35. The Morgan fingerprint density at radius 3 is 2.57 bits per heavy atom. The minimum absolute atomic E-state index is 0.110. The van der Waals surface area contributed by atoms with E-state index in [1.165, 1.54) is 37.7 Å². The Balaban J connectivity index is 1.74. The van der Waals surface area contributed by atoms with Crippen LogP contribution in [-0.4, -0.2) is 29.6 Å². The summed E-state index contributed by atoms with van der Waals surface area (Å²) in [7, 11) is 1.76. The van der Waals surface area contributed by atoms with Gasteiger partial charge in [-0.25, -0.2) is 0 Å². The number of carbonyl (C=O) groups excluding carboxylic acids is 1. The van der Waals surface area contributed by atoms with Crippen LogP contribution in [0.4, 0.5) is 0 Å². The number of benzene rings is 1. The molecule has 3 rings (SSSR count). The maximum atomic E-state index is 12.1. The second-order valence-corrected chi connectivity index (χ2v) is 6.35. The van der Waals surface area contributed by atoms with Crippen LogP contribution in [-0.2, 0) is 0 Å². The van der Waals surface area contributed by atoms with E-state index in [4.69, 9.17) is 4.52 Å². The first-order valence-electron chi connectivity index (χ1n) is 8.51. The van der Waals surface area contributed by atoms with E-state index in [-0.39, 0.29) is 5.91 Å². The highest BCUT2D eigenvalue weighted by atomic mass is 16.5. The van der Waals surface area contributed by atoms with E-state index in [0.29, 0.717) is 23.9 Å². The van der Waals surface area contributed by atoms with Gasteiger partial charge in [-0.15, -0.1) is 0 Å². The molecule has 0 bridgehead atoms. The highest BCUT2D eigenvalue weighted by Gasteiger charge is 2.18. The zero-order valence-corrected chi connectivity index (χ0v) is 13.9. The van der Waals surface area contributed by atoms with Gasteiger partial charge in [-0.3, -0.25) is 4.79 Å². The second kappa shape index (κ2) is 6.99. The van der Waals surface area contributed by atoms with Crippen LogP contribution < -0.4 is 0 Å². The quantitative estimate of drug-likeness (QED) is 0.836. The summed E-state index contributed by atoms with van der Waals surface area (Å²) >= 11 is 0. The summed E-state index contributed by atoms with van der Waals surface area (Å²) in [6.45, 7) is 2.58. The number of rotatable bonds is 4. The maximum absolute atomic E-state index is 12.1. The van der Waals surface area contributed by atoms with Crippen LogP contribution in [0.3, 0.4) is 0 Å². The van der Waals surface area contributed by atoms with Crippen molar-refractivity contribution in [2.45, 2.75) is 44.9 Å². The molecule has 0 spiro atoms. The van der Waals surface area contributed by atoms with Gasteiger partial charge in [0.25, 0.3) is 5.91 Å². The fourth-order valence-corrected chi connectivity index (χ4v) is 3.21. The molecular weight excluding hydrogens is 288 g/mol. The average Bonchev–Trinajstić information content (AvgIpc) is 3.11. The van der Waals surface area contributed by atoms with Gasteiger partial charge in [0, 0.05) is 25.2 Å². The number of nitrogens with zero attached hydrogens (tertiary/aromatic N) is 2. The van der Waals surface area contributed by atoms with E-state index in [0.717, 1.165) is 5.56 Å². The van der Waals surface area contributed by atoms with Crippen molar-refractivity contribution in [3.8, 4) is 11.3 Å². The summed E-state index contributed by atoms with van der Waals surface area (Å²) in [6.07, 6.45) is 6.64. The SMILES string of the molecule is CCN(C)C(=O)c1cc(-c2ccc(C3CCCCC3)cc2)on1. The lowest BCUT2D eigenvalue weighted by Crippen LogP contribution is -2.26. The third-order valence-electron chi connectivity index (χ3n) is 4.82. The fraction of sp³-hybridized carbons (Fsp3) is 0.474. The molecule has 0 saturated heterocycles. The minimum atomic E-state index is -0.110. The van der Waals surface area contributed by atoms with Crippen molar-refractivity contribution in [2.75, 3.05) is 13.6 Å². The van der Waals surface area contributed by atoms with E-state index in [2.05, 4.69) is 29.4 Å². The van der Waals surface area contributed by atoms with Crippen molar-refractivity contribution in [2.24, 2.45) is 0 Å². The third-order valence-corrected chi connectivity index (χ3v) is 4.82. The molecule has 1 saturated carbocycles. The molecule has 122 valence electrons. The minimum Gasteiger partial charge on any atom is -0.355 e. The Hall–Kier alpha value is -2.10. The largest absolute Gasteiger partial charge is 0.355 e. The molecule has 1 amide bonds. The van der Waals surface area contributed by atoms with Crippen LogP contribution in [0.15, 0.2) is 34.9 Å². The standard InChI is InChI=1S/C19H24N2O2/c1-3-21(2)19(22)17-13-18(23-20-17)16-11-9-15(10-12-16)14-7-5-4-6-8-14/h9-14H,3-8H2,1-2H3. The highest BCUT2D eigenvalue weighted by molar-refractivity contribution is 5.92. The molecule has 0 aliphatic heterocycles. The van der Waals surface area contributed by atoms with Crippen molar-refractivity contribution in [3.05, 3.63) is 41.6 Å². The first-order chi connectivity index (χ1) is 11.2. The van der Waals surface area contributed by atoms with Gasteiger partial charge in [-0.05, 0) is 31.2 Å². The van der Waals surface area contributed by atoms with Crippen molar-refractivity contribution in [1.82, 2.24) is 10.1 Å². The molecule has 0 unspecified atom stereocenters. The molecule has 1 heterocycles. The van der Waals surface area contributed by atoms with E-state index >= 15 is 0 Å². The normalized spacial score (nSPS) is 15.6. The molecule has 1 aromatic carbocycles. The molecule has 0 atom stereocenters. The van der Waals surface area contributed by atoms with Gasteiger partial charge in [0.15, 0.2) is 11.5 Å². The zero-order chi connectivity index (χ0) is 16.2. The summed E-state index contributed by atoms with van der Waals surface area (Å²) in [4.78, 5) is 13.7. The van der Waals surface area contributed by atoms with Gasteiger partial charge in [-0.2, -0.15) is 0 Å². The Morgan fingerprint density at radius 1 is 1.22 bits per heavy atom. The van der Waals surface area contributed by atoms with Gasteiger partial charge in [-0.1, -0.05) is 48.7 Å². The summed E-state index contributed by atoms with van der Waals surface area (Å²) in [5, 5.41) is 3.91. The molecule has 2 aromatic rings. The zero-order valence-electron chi connectivity index (χ0n) is 13.9. The predicted molar refractivity (Wildman–Crippen MR) is 90.4 cm³/mol. The van der Waals surface area contributed by atoms with E-state index in [1.807, 2.05) is 6.92 Å². The van der Waals surface area contributed by atoms with E-state index in [9.17, 15) is 4.79 Å². The van der Waals surface area contributed by atoms with E-state index in [1.54, 1.807) is 18.0 Å². The second-order valence-electron chi connectivity index (χ2n) is 6.35. The smallest absolute Gasteiger partial charge is 0.275 e. The van der Waals surface area contributed by atoms with Gasteiger partial charge in [0.1, 0.15) is 0 Å². The van der Waals surface area contributed by atoms with Crippen molar-refractivity contribution >= 4 is 5.91 Å². The van der Waals surface area contributed by atoms with Crippen LogP contribution in [0, 0.1) is 0 Å². The Morgan fingerprint density at radius 2 is 1.91 bits per heavy atom. The number of amides is 1. The van der Waals surface area contributed by atoms with Crippen LogP contribution in [0.1, 0.15) is 61.0 Å². The third kappa shape index (κ3) is 3.46. The Labute approximate surface area is 137 Å². The van der Waals surface area contributed by atoms with E-state index < -0.39 is 0 Å². The molecule has 1 aliphatic rings. The van der Waals surface area contributed by atoms with Crippen molar-refractivity contribution in [1.29, 1.82) is 0 Å². The van der Waals surface area contributed by atoms with Crippen molar-refractivity contribution < 1.29 is 9.32 Å². The van der Waals surface area contributed by atoms with Gasteiger partial charge < -0.3 is 9.42 Å². The van der Waals surface area contributed by atoms with Crippen LogP contribution >= 0.6 is 0 Å². The lowest BCUT2D eigenvalue weighted by Gasteiger charge is -2.21. The first kappa shape index (κ1) is 15.8. The predicted octanol–water partition coefficient (Wildman–Crippen LogP) is 4.48. The Kier molecular flexibility index (Phi) is 4.79. The van der Waals surface area contributed by atoms with Gasteiger partial charge in [0.2, 0.25) is 0 Å². The molecule has 4 nitrogen and oxygen atoms in total. The van der Waals surface area contributed by atoms with Gasteiger partial charge >= 0.3 is 0 Å². The lowest BCUT2D eigenvalue weighted by atomic mass is 9.84. The first-order valence-corrected chi connectivity index (χ1v) is 8.51. The number of hydrogen-bond donors (Lipinski definition) is 0. The molecule has 23 heavy (non-hydrogen) atoms. The number of aromatic nitrogens is 1. The maximum Gasteiger partial charge on any atom is 0.275 e. The molecule has 1 aromatic heterocycles. The number of carbonyl (C=O) groups is 1. The molecule has 1 aliphatic carbocycles. The van der Waals surface area contributed by atoms with Crippen LogP contribution in [0.2, 0.25) is 0 Å². The lowest BCUT2D eigenvalue weighted by molar-refractivity contribution is 0.0792. The van der Waals surface area contributed by atoms with Crippen LogP contribution in [0.25, 0.3) is 11.3 Å². The molecular formula is C19H24N2O2. The Bertz CT molecular complexity index is 654. The monoisotopic (exact) mass is 312 g/mol. The topological polar surface area (TPSA) is 46.3 Å². The molecule has 0 radical (unpaired) electrons. The van der Waals surface area contributed by atoms with Gasteiger partial charge in [0.05, 0.1) is 0 Å². The summed E-state index contributed by atoms with van der Waals surface area (Å²) in [5.41, 5.74) is 2.74. The fourth-order valence-electron chi connectivity index (χ4n) is 3.21.